The number of nitrogens with zero attached hydrogens (tertiary/aromatic N) is 2. The van der Waals surface area contributed by atoms with Crippen LogP contribution in [0, 0.1) is 13.0 Å². The van der Waals surface area contributed by atoms with E-state index in [1.54, 1.807) is 6.92 Å². The van der Waals surface area contributed by atoms with Crippen molar-refractivity contribution in [3.05, 3.63) is 53.3 Å². The number of benzene rings is 1. The number of carboxylic acids is 1. The Hall–Kier alpha value is -3.19. The summed E-state index contributed by atoms with van der Waals surface area (Å²) in [6.45, 7) is -0.0101. The molecule has 2 aromatic rings. The van der Waals surface area contributed by atoms with Gasteiger partial charge < -0.3 is 31.5 Å². The average molecular weight is 578 g/mol. The first-order valence-corrected chi connectivity index (χ1v) is 10.4. The SMILES string of the molecule is Cc1c[c-]c(O)c(C(CC(=O)O)NC(=O)CNC(=O)c2cncc(NC3=NCC(F)(F)CN3)c2)c1.[Y+3]. The maximum absolute atomic E-state index is 13.2. The molecule has 1 aromatic heterocycles. The molecule has 1 aliphatic rings. The van der Waals surface area contributed by atoms with Crippen LogP contribution in [-0.2, 0) is 42.3 Å². The molecular formula is C22H23F2N6O5Y+2. The van der Waals surface area contributed by atoms with E-state index in [0.29, 0.717) is 11.3 Å². The number of phenols is 1. The Balaban J connectivity index is 0.00000456. The molecule has 1 aliphatic heterocycles. The number of aromatic nitrogens is 1. The number of amides is 2. The summed E-state index contributed by atoms with van der Waals surface area (Å²) in [5.74, 6) is -5.65. The van der Waals surface area contributed by atoms with Crippen LogP contribution < -0.4 is 21.3 Å². The molecule has 0 fully saturated rings. The number of nitrogens with one attached hydrogen (secondary N) is 4. The summed E-state index contributed by atoms with van der Waals surface area (Å²) < 4.78 is 26.3. The molecule has 3 rings (SSSR count). The molecule has 36 heavy (non-hydrogen) atoms. The second kappa shape index (κ2) is 12.7. The van der Waals surface area contributed by atoms with Crippen molar-refractivity contribution in [1.82, 2.24) is 20.9 Å². The van der Waals surface area contributed by atoms with Crippen LogP contribution in [0.15, 0.2) is 35.6 Å². The van der Waals surface area contributed by atoms with Gasteiger partial charge in [0.1, 0.15) is 6.54 Å². The maximum atomic E-state index is 13.2. The van der Waals surface area contributed by atoms with Crippen LogP contribution in [0.25, 0.3) is 0 Å². The number of pyridine rings is 1. The number of halogens is 2. The Morgan fingerprint density at radius 2 is 2.03 bits per heavy atom. The normalized spacial score (nSPS) is 14.8. The molecule has 6 N–H and O–H groups in total. The van der Waals surface area contributed by atoms with Gasteiger partial charge >= 0.3 is 38.7 Å². The Labute approximate surface area is 230 Å². The van der Waals surface area contributed by atoms with Crippen molar-refractivity contribution < 1.29 is 66.1 Å². The predicted molar refractivity (Wildman–Crippen MR) is 120 cm³/mol. The zero-order valence-electron chi connectivity index (χ0n) is 19.1. The van der Waals surface area contributed by atoms with E-state index in [9.17, 15) is 33.4 Å². The van der Waals surface area contributed by atoms with Gasteiger partial charge in [0.25, 0.3) is 11.8 Å². The van der Waals surface area contributed by atoms with Gasteiger partial charge in [-0.2, -0.15) is 17.7 Å². The first-order valence-electron chi connectivity index (χ1n) is 10.4. The Morgan fingerprint density at radius 3 is 2.69 bits per heavy atom. The molecule has 0 saturated carbocycles. The third kappa shape index (κ3) is 8.49. The quantitative estimate of drug-likeness (QED) is 0.252. The summed E-state index contributed by atoms with van der Waals surface area (Å²) in [6, 6.07) is 5.99. The van der Waals surface area contributed by atoms with Gasteiger partial charge in [-0.05, 0) is 6.07 Å². The third-order valence-corrected chi connectivity index (χ3v) is 4.84. The smallest absolute Gasteiger partial charge is 0.534 e. The number of phenolic OH excluding ortho intramolecular Hbond substituents is 1. The van der Waals surface area contributed by atoms with Crippen LogP contribution in [-0.4, -0.2) is 64.5 Å². The molecule has 186 valence electrons. The summed E-state index contributed by atoms with van der Waals surface area (Å²) in [4.78, 5) is 43.7. The zero-order valence-corrected chi connectivity index (χ0v) is 22.0. The third-order valence-electron chi connectivity index (χ3n) is 4.84. The van der Waals surface area contributed by atoms with E-state index >= 15 is 0 Å². The van der Waals surface area contributed by atoms with E-state index in [1.807, 2.05) is 0 Å². The number of aromatic hydroxyl groups is 1. The summed E-state index contributed by atoms with van der Waals surface area (Å²) in [6.07, 6.45) is 2.12. The van der Waals surface area contributed by atoms with Crippen LogP contribution >= 0.6 is 0 Å². The number of guanidine groups is 1. The number of carbonyl (C=O) groups is 3. The number of anilines is 1. The van der Waals surface area contributed by atoms with Crippen molar-refractivity contribution in [2.45, 2.75) is 25.3 Å². The number of aliphatic carboxylic acids is 1. The second-order valence-electron chi connectivity index (χ2n) is 7.84. The van der Waals surface area contributed by atoms with Crippen molar-refractivity contribution in [2.24, 2.45) is 4.99 Å². The van der Waals surface area contributed by atoms with Gasteiger partial charge in [0.2, 0.25) is 5.91 Å². The van der Waals surface area contributed by atoms with Crippen LogP contribution in [0.3, 0.4) is 0 Å². The first-order chi connectivity index (χ1) is 16.5. The van der Waals surface area contributed by atoms with E-state index < -0.39 is 55.8 Å². The van der Waals surface area contributed by atoms with Crippen LogP contribution in [0.1, 0.15) is 33.9 Å². The van der Waals surface area contributed by atoms with Gasteiger partial charge in [-0.15, -0.1) is 6.07 Å². The van der Waals surface area contributed by atoms with Gasteiger partial charge in [-0.1, -0.05) is 12.5 Å². The number of aliphatic imine (C=N–C) groups is 1. The van der Waals surface area contributed by atoms with E-state index in [1.165, 1.54) is 30.6 Å². The summed E-state index contributed by atoms with van der Waals surface area (Å²) in [5, 5.41) is 29.3. The first kappa shape index (κ1) is 29.0. The number of carbonyl (C=O) groups excluding carboxylic acids is 2. The minimum Gasteiger partial charge on any atom is -0.534 e. The van der Waals surface area contributed by atoms with Crippen LogP contribution in [0.4, 0.5) is 14.5 Å². The van der Waals surface area contributed by atoms with E-state index in [4.69, 9.17) is 0 Å². The van der Waals surface area contributed by atoms with Gasteiger partial charge in [-0.3, -0.25) is 19.4 Å². The Bertz CT molecular complexity index is 1160. The fourth-order valence-corrected chi connectivity index (χ4v) is 3.18. The van der Waals surface area contributed by atoms with Gasteiger partial charge in [0, 0.05) is 18.0 Å². The Kier molecular flexibility index (Phi) is 10.2. The van der Waals surface area contributed by atoms with E-state index in [0.717, 1.165) is 0 Å². The number of alkyl halides is 2. The molecule has 0 spiro atoms. The van der Waals surface area contributed by atoms with Gasteiger partial charge in [0.05, 0.1) is 37.0 Å². The van der Waals surface area contributed by atoms with E-state index in [2.05, 4.69) is 37.3 Å². The molecule has 0 bridgehead atoms. The molecule has 1 unspecified atom stereocenters. The van der Waals surface area contributed by atoms with Crippen LogP contribution in [0.2, 0.25) is 0 Å². The maximum Gasteiger partial charge on any atom is 3.00 e. The number of hydrogen-bond acceptors (Lipinski definition) is 8. The molecule has 0 saturated heterocycles. The fourth-order valence-electron chi connectivity index (χ4n) is 3.18. The molecule has 2 amide bonds. The monoisotopic (exact) mass is 578 g/mol. The van der Waals surface area contributed by atoms with Crippen molar-refractivity contribution in [2.75, 3.05) is 25.0 Å². The molecular weight excluding hydrogens is 555 g/mol. The molecule has 0 aliphatic carbocycles. The summed E-state index contributed by atoms with van der Waals surface area (Å²) in [7, 11) is 0. The largest absolute Gasteiger partial charge is 3.00 e. The topological polar surface area (TPSA) is 165 Å². The molecule has 11 nitrogen and oxygen atoms in total. The summed E-state index contributed by atoms with van der Waals surface area (Å²) >= 11 is 0. The number of hydrogen-bond donors (Lipinski definition) is 6. The molecule has 1 atom stereocenters. The van der Waals surface area contributed by atoms with Crippen molar-refractivity contribution in [3.8, 4) is 5.75 Å². The average Bonchev–Trinajstić information content (AvgIpc) is 2.80. The molecule has 1 aromatic carbocycles. The van der Waals surface area contributed by atoms with Crippen LogP contribution in [0.5, 0.6) is 5.75 Å². The zero-order chi connectivity index (χ0) is 25.6. The minimum atomic E-state index is -2.94. The van der Waals surface area contributed by atoms with Gasteiger partial charge in [-0.25, -0.2) is 13.8 Å². The molecule has 14 heteroatoms. The Morgan fingerprint density at radius 1 is 1.28 bits per heavy atom. The van der Waals surface area contributed by atoms with Crippen molar-refractivity contribution in [1.29, 1.82) is 0 Å². The summed E-state index contributed by atoms with van der Waals surface area (Å²) in [5.41, 5.74) is 1.29. The van der Waals surface area contributed by atoms with Gasteiger partial charge in [0.15, 0.2) is 5.96 Å². The van der Waals surface area contributed by atoms with Crippen molar-refractivity contribution in [3.63, 3.8) is 0 Å². The number of aryl methyl sites for hydroxylation is 1. The predicted octanol–water partition coefficient (Wildman–Crippen LogP) is 0.962. The number of carboxylic acid groups (broad SMARTS) is 1. The minimum absolute atomic E-state index is 0. The standard InChI is InChI=1S/C22H23F2N6O5.Y/c1-12-2-3-17(31)15(4-12)16(6-19(33)34)30-18(32)9-26-20(35)13-5-14(8-25-7-13)29-21-27-10-22(23,24)11-28-21;/h2,4-5,7-8,16,31H,6,9-11H2,1H3,(H,26,35)(H,30,32)(H,33,34)(H2,27,28,29);/q-1;+3. The molecule has 0 radical (unpaired) electrons. The fraction of sp³-hybridized carbons (Fsp3) is 0.318. The number of rotatable bonds is 8. The molecule has 2 heterocycles. The van der Waals surface area contributed by atoms with E-state index in [-0.39, 0.29) is 55.5 Å². The van der Waals surface area contributed by atoms with Crippen molar-refractivity contribution >= 4 is 29.4 Å². The second-order valence-corrected chi connectivity index (χ2v) is 7.84.